The van der Waals surface area contributed by atoms with E-state index in [-0.39, 0.29) is 0 Å². The van der Waals surface area contributed by atoms with Crippen LogP contribution in [-0.2, 0) is 5.67 Å². The number of anilines is 1. The topological polar surface area (TPSA) is 54.7 Å². The Morgan fingerprint density at radius 1 is 1.35 bits per heavy atom. The minimum atomic E-state index is -1.41. The highest BCUT2D eigenvalue weighted by Gasteiger charge is 2.20. The number of nitrogen functional groups attached to an aromatic ring is 1. The molecule has 2 rings (SSSR count). The number of nitrogens with one attached hydrogen (secondary N) is 1. The normalized spacial score (nSPS) is 11.8. The maximum atomic E-state index is 13.8. The van der Waals surface area contributed by atoms with Crippen LogP contribution in [0.5, 0.6) is 0 Å². The first-order valence-corrected chi connectivity index (χ1v) is 5.55. The molecule has 0 aliphatic carbocycles. The average Bonchev–Trinajstić information content (AvgIpc) is 2.63. The summed E-state index contributed by atoms with van der Waals surface area (Å²) in [4.78, 5) is 0. The molecular formula is C12H13ClFN3. The van der Waals surface area contributed by atoms with E-state index in [0.29, 0.717) is 16.4 Å². The molecule has 1 aromatic heterocycles. The average molecular weight is 254 g/mol. The van der Waals surface area contributed by atoms with Crippen molar-refractivity contribution in [2.75, 3.05) is 5.73 Å². The Morgan fingerprint density at radius 2 is 2.06 bits per heavy atom. The lowest BCUT2D eigenvalue weighted by Crippen LogP contribution is -2.08. The Kier molecular flexibility index (Phi) is 2.83. The van der Waals surface area contributed by atoms with Gasteiger partial charge in [0.05, 0.1) is 6.20 Å². The van der Waals surface area contributed by atoms with Crippen LogP contribution in [0.25, 0.3) is 11.1 Å². The molecule has 0 aliphatic rings. The van der Waals surface area contributed by atoms with Gasteiger partial charge in [-0.15, -0.1) is 0 Å². The van der Waals surface area contributed by atoms with Crippen LogP contribution >= 0.6 is 11.6 Å². The fourth-order valence-corrected chi connectivity index (χ4v) is 1.90. The Labute approximate surface area is 104 Å². The van der Waals surface area contributed by atoms with Crippen LogP contribution in [0.1, 0.15) is 19.4 Å². The number of aromatic amines is 1. The van der Waals surface area contributed by atoms with Crippen molar-refractivity contribution in [3.8, 4) is 11.1 Å². The maximum Gasteiger partial charge on any atom is 0.130 e. The molecule has 2 aromatic rings. The predicted molar refractivity (Wildman–Crippen MR) is 67.6 cm³/mol. The standard InChI is InChI=1S/C12H13ClFN3/c1-12(2,14)7-3-4-8(10(13)5-7)9-6-16-17-11(9)15/h3-6H,1-2H3,(H3,15,16,17). The van der Waals surface area contributed by atoms with Gasteiger partial charge in [0.1, 0.15) is 11.5 Å². The van der Waals surface area contributed by atoms with Gasteiger partial charge >= 0.3 is 0 Å². The number of benzene rings is 1. The minimum Gasteiger partial charge on any atom is -0.384 e. The Hall–Kier alpha value is -1.55. The van der Waals surface area contributed by atoms with Gasteiger partial charge in [-0.05, 0) is 25.5 Å². The third kappa shape index (κ3) is 2.26. The zero-order chi connectivity index (χ0) is 12.6. The molecule has 0 unspecified atom stereocenters. The summed E-state index contributed by atoms with van der Waals surface area (Å²) in [5, 5.41) is 6.92. The summed E-state index contributed by atoms with van der Waals surface area (Å²) in [7, 11) is 0. The summed E-state index contributed by atoms with van der Waals surface area (Å²) < 4.78 is 13.8. The van der Waals surface area contributed by atoms with Gasteiger partial charge in [0.25, 0.3) is 0 Å². The smallest absolute Gasteiger partial charge is 0.130 e. The number of nitrogens with zero attached hydrogens (tertiary/aromatic N) is 1. The van der Waals surface area contributed by atoms with Crippen LogP contribution in [0.4, 0.5) is 10.2 Å². The number of hydrogen-bond donors (Lipinski definition) is 2. The van der Waals surface area contributed by atoms with Crippen molar-refractivity contribution >= 4 is 17.4 Å². The van der Waals surface area contributed by atoms with E-state index >= 15 is 0 Å². The lowest BCUT2D eigenvalue weighted by Gasteiger charge is -2.16. The molecule has 0 saturated heterocycles. The Bertz CT molecular complexity index is 543. The fraction of sp³-hybridized carbons (Fsp3) is 0.250. The molecule has 1 aromatic carbocycles. The number of nitrogens with two attached hydrogens (primary N) is 1. The van der Waals surface area contributed by atoms with E-state index in [4.69, 9.17) is 17.3 Å². The van der Waals surface area contributed by atoms with Crippen molar-refractivity contribution < 1.29 is 4.39 Å². The molecule has 17 heavy (non-hydrogen) atoms. The van der Waals surface area contributed by atoms with Gasteiger partial charge in [0, 0.05) is 16.1 Å². The van der Waals surface area contributed by atoms with E-state index in [1.807, 2.05) is 0 Å². The number of halogens is 2. The van der Waals surface area contributed by atoms with Crippen molar-refractivity contribution in [3.05, 3.63) is 35.0 Å². The molecule has 0 amide bonds. The maximum absolute atomic E-state index is 13.8. The summed E-state index contributed by atoms with van der Waals surface area (Å²) in [5.41, 5.74) is 6.30. The first-order valence-electron chi connectivity index (χ1n) is 5.18. The third-order valence-corrected chi connectivity index (χ3v) is 2.93. The Morgan fingerprint density at radius 3 is 2.53 bits per heavy atom. The van der Waals surface area contributed by atoms with Gasteiger partial charge < -0.3 is 5.73 Å². The lowest BCUT2D eigenvalue weighted by atomic mass is 9.97. The Balaban J connectivity index is 2.50. The van der Waals surface area contributed by atoms with E-state index in [1.54, 1.807) is 24.4 Å². The quantitative estimate of drug-likeness (QED) is 0.860. The van der Waals surface area contributed by atoms with Gasteiger partial charge in [-0.1, -0.05) is 23.7 Å². The molecule has 3 nitrogen and oxygen atoms in total. The van der Waals surface area contributed by atoms with Crippen LogP contribution in [0, 0.1) is 0 Å². The number of alkyl halides is 1. The zero-order valence-corrected chi connectivity index (χ0v) is 10.3. The number of hydrogen-bond acceptors (Lipinski definition) is 2. The molecule has 0 aliphatic heterocycles. The highest BCUT2D eigenvalue weighted by Crippen LogP contribution is 2.34. The van der Waals surface area contributed by atoms with Crippen molar-refractivity contribution in [1.29, 1.82) is 0 Å². The van der Waals surface area contributed by atoms with E-state index in [9.17, 15) is 4.39 Å². The number of rotatable bonds is 2. The van der Waals surface area contributed by atoms with Crippen LogP contribution in [0.15, 0.2) is 24.4 Å². The molecular weight excluding hydrogens is 241 g/mol. The van der Waals surface area contributed by atoms with Gasteiger partial charge in [0.2, 0.25) is 0 Å². The molecule has 3 N–H and O–H groups in total. The number of aromatic nitrogens is 2. The zero-order valence-electron chi connectivity index (χ0n) is 9.59. The summed E-state index contributed by atoms with van der Waals surface area (Å²) in [6.45, 7) is 2.98. The van der Waals surface area contributed by atoms with E-state index in [0.717, 1.165) is 11.1 Å². The summed E-state index contributed by atoms with van der Waals surface area (Å²) in [6, 6.07) is 5.07. The molecule has 90 valence electrons. The summed E-state index contributed by atoms with van der Waals surface area (Å²) >= 11 is 6.13. The van der Waals surface area contributed by atoms with Crippen molar-refractivity contribution in [2.45, 2.75) is 19.5 Å². The minimum absolute atomic E-state index is 0.444. The van der Waals surface area contributed by atoms with Crippen molar-refractivity contribution in [2.24, 2.45) is 0 Å². The van der Waals surface area contributed by atoms with Crippen molar-refractivity contribution in [3.63, 3.8) is 0 Å². The monoisotopic (exact) mass is 253 g/mol. The summed E-state index contributed by atoms with van der Waals surface area (Å²) in [6.07, 6.45) is 1.59. The first kappa shape index (κ1) is 11.9. The van der Waals surface area contributed by atoms with Gasteiger partial charge in [-0.3, -0.25) is 5.10 Å². The second kappa shape index (κ2) is 4.04. The SMILES string of the molecule is CC(C)(F)c1ccc(-c2cn[nH]c2N)c(Cl)c1. The van der Waals surface area contributed by atoms with Crippen LogP contribution in [0.3, 0.4) is 0 Å². The third-order valence-electron chi connectivity index (χ3n) is 2.61. The second-order valence-corrected chi connectivity index (χ2v) is 4.77. The highest BCUT2D eigenvalue weighted by molar-refractivity contribution is 6.33. The van der Waals surface area contributed by atoms with Crippen molar-refractivity contribution in [1.82, 2.24) is 10.2 Å². The number of H-pyrrole nitrogens is 1. The molecule has 0 spiro atoms. The fourth-order valence-electron chi connectivity index (χ4n) is 1.61. The largest absolute Gasteiger partial charge is 0.384 e. The van der Waals surface area contributed by atoms with Gasteiger partial charge in [-0.25, -0.2) is 4.39 Å². The second-order valence-electron chi connectivity index (χ2n) is 4.36. The first-order chi connectivity index (χ1) is 7.89. The van der Waals surface area contributed by atoms with Gasteiger partial charge in [-0.2, -0.15) is 5.10 Å². The van der Waals surface area contributed by atoms with Gasteiger partial charge in [0.15, 0.2) is 0 Å². The van der Waals surface area contributed by atoms with Crippen LogP contribution in [-0.4, -0.2) is 10.2 Å². The van der Waals surface area contributed by atoms with E-state index in [1.165, 1.54) is 13.8 Å². The molecule has 0 atom stereocenters. The predicted octanol–water partition coefficient (Wildman–Crippen LogP) is 3.52. The van der Waals surface area contributed by atoms with Crippen LogP contribution in [0.2, 0.25) is 5.02 Å². The molecule has 0 saturated carbocycles. The van der Waals surface area contributed by atoms with E-state index in [2.05, 4.69) is 10.2 Å². The molecule has 1 heterocycles. The highest BCUT2D eigenvalue weighted by atomic mass is 35.5. The summed E-state index contributed by atoms with van der Waals surface area (Å²) in [5.74, 6) is 0.444. The molecule has 0 bridgehead atoms. The van der Waals surface area contributed by atoms with E-state index < -0.39 is 5.67 Å². The molecule has 0 fully saturated rings. The molecule has 0 radical (unpaired) electrons. The van der Waals surface area contributed by atoms with Crippen LogP contribution < -0.4 is 5.73 Å². The molecule has 5 heteroatoms. The lowest BCUT2D eigenvalue weighted by molar-refractivity contribution is 0.221.